The molecule has 5 nitrogen and oxygen atoms in total. The summed E-state index contributed by atoms with van der Waals surface area (Å²) < 4.78 is 5.02. The quantitative estimate of drug-likeness (QED) is 0.632. The van der Waals surface area contributed by atoms with E-state index in [0.29, 0.717) is 32.6 Å². The van der Waals surface area contributed by atoms with Crippen molar-refractivity contribution in [2.75, 3.05) is 26.4 Å². The molecular formula is C12H18N2O3. The van der Waals surface area contributed by atoms with Gasteiger partial charge >= 0.3 is 0 Å². The molecule has 0 aromatic carbocycles. The molecule has 0 bridgehead atoms. The molecule has 1 aromatic heterocycles. The minimum absolute atomic E-state index is 0.00756. The maximum absolute atomic E-state index is 11.4. The SMILES string of the molecule is O=C(CCc1ccccn1)NCCOCCO. The van der Waals surface area contributed by atoms with Crippen molar-refractivity contribution in [3.8, 4) is 0 Å². The van der Waals surface area contributed by atoms with Gasteiger partial charge in [-0.15, -0.1) is 0 Å². The van der Waals surface area contributed by atoms with E-state index in [1.807, 2.05) is 18.2 Å². The molecule has 1 amide bonds. The number of nitrogens with one attached hydrogen (secondary N) is 1. The predicted molar refractivity (Wildman–Crippen MR) is 63.5 cm³/mol. The van der Waals surface area contributed by atoms with Crippen molar-refractivity contribution in [1.82, 2.24) is 10.3 Å². The van der Waals surface area contributed by atoms with Crippen LogP contribution in [0.25, 0.3) is 0 Å². The number of pyridine rings is 1. The number of aliphatic hydroxyl groups excluding tert-OH is 1. The predicted octanol–water partition coefficient (Wildman–Crippen LogP) is 0.139. The Morgan fingerprint density at radius 2 is 2.29 bits per heavy atom. The number of hydrogen-bond acceptors (Lipinski definition) is 4. The lowest BCUT2D eigenvalue weighted by Crippen LogP contribution is -2.27. The highest BCUT2D eigenvalue weighted by atomic mass is 16.5. The Hall–Kier alpha value is -1.46. The molecule has 0 aliphatic carbocycles. The number of amides is 1. The van der Waals surface area contributed by atoms with Crippen LogP contribution in [-0.4, -0.2) is 42.4 Å². The van der Waals surface area contributed by atoms with Crippen molar-refractivity contribution < 1.29 is 14.6 Å². The molecule has 0 spiro atoms. The van der Waals surface area contributed by atoms with Gasteiger partial charge in [-0.25, -0.2) is 0 Å². The number of rotatable bonds is 8. The molecule has 0 aliphatic heterocycles. The summed E-state index contributed by atoms with van der Waals surface area (Å²) >= 11 is 0. The fraction of sp³-hybridized carbons (Fsp3) is 0.500. The third-order valence-corrected chi connectivity index (χ3v) is 2.14. The van der Waals surface area contributed by atoms with Crippen LogP contribution in [0.1, 0.15) is 12.1 Å². The summed E-state index contributed by atoms with van der Waals surface area (Å²) in [5, 5.41) is 11.2. The molecule has 0 radical (unpaired) electrons. The van der Waals surface area contributed by atoms with Crippen LogP contribution in [0, 0.1) is 0 Å². The Labute approximate surface area is 101 Å². The van der Waals surface area contributed by atoms with Crippen molar-refractivity contribution in [3.05, 3.63) is 30.1 Å². The maximum Gasteiger partial charge on any atom is 0.220 e. The molecule has 1 rings (SSSR count). The van der Waals surface area contributed by atoms with E-state index in [1.54, 1.807) is 6.20 Å². The molecule has 1 heterocycles. The Kier molecular flexibility index (Phi) is 6.93. The highest BCUT2D eigenvalue weighted by Gasteiger charge is 2.01. The molecule has 5 heteroatoms. The van der Waals surface area contributed by atoms with Crippen molar-refractivity contribution in [3.63, 3.8) is 0 Å². The first-order chi connectivity index (χ1) is 8.33. The van der Waals surface area contributed by atoms with Crippen LogP contribution in [0.2, 0.25) is 0 Å². The minimum atomic E-state index is -0.0109. The Balaban J connectivity index is 2.05. The van der Waals surface area contributed by atoms with E-state index >= 15 is 0 Å². The fourth-order valence-electron chi connectivity index (χ4n) is 1.31. The molecule has 0 unspecified atom stereocenters. The summed E-state index contributed by atoms with van der Waals surface area (Å²) in [5.74, 6) is -0.0109. The second kappa shape index (κ2) is 8.66. The number of hydrogen-bond donors (Lipinski definition) is 2. The van der Waals surface area contributed by atoms with Gasteiger partial charge in [-0.05, 0) is 18.6 Å². The van der Waals surface area contributed by atoms with Crippen LogP contribution < -0.4 is 5.32 Å². The lowest BCUT2D eigenvalue weighted by Gasteiger charge is -2.05. The Bertz CT molecular complexity index is 317. The fourth-order valence-corrected chi connectivity index (χ4v) is 1.31. The molecule has 2 N–H and O–H groups in total. The van der Waals surface area contributed by atoms with Gasteiger partial charge in [-0.2, -0.15) is 0 Å². The highest BCUT2D eigenvalue weighted by molar-refractivity contribution is 5.76. The molecule has 0 saturated heterocycles. The van der Waals surface area contributed by atoms with Gasteiger partial charge in [0.1, 0.15) is 0 Å². The Morgan fingerprint density at radius 1 is 1.41 bits per heavy atom. The van der Waals surface area contributed by atoms with E-state index in [0.717, 1.165) is 5.69 Å². The second-order valence-electron chi connectivity index (χ2n) is 3.51. The minimum Gasteiger partial charge on any atom is -0.394 e. The molecule has 17 heavy (non-hydrogen) atoms. The first-order valence-electron chi connectivity index (χ1n) is 5.68. The summed E-state index contributed by atoms with van der Waals surface area (Å²) in [6.07, 6.45) is 2.79. The lowest BCUT2D eigenvalue weighted by atomic mass is 10.2. The van der Waals surface area contributed by atoms with E-state index in [-0.39, 0.29) is 12.5 Å². The number of aromatic nitrogens is 1. The first-order valence-corrected chi connectivity index (χ1v) is 5.68. The van der Waals surface area contributed by atoms with Gasteiger partial charge in [0.05, 0.1) is 19.8 Å². The average Bonchev–Trinajstić information content (AvgIpc) is 2.37. The summed E-state index contributed by atoms with van der Waals surface area (Å²) in [6, 6.07) is 5.66. The number of aryl methyl sites for hydroxylation is 1. The average molecular weight is 238 g/mol. The van der Waals surface area contributed by atoms with E-state index in [2.05, 4.69) is 10.3 Å². The van der Waals surface area contributed by atoms with Crippen LogP contribution in [-0.2, 0) is 16.0 Å². The van der Waals surface area contributed by atoms with Crippen molar-refractivity contribution in [2.45, 2.75) is 12.8 Å². The summed E-state index contributed by atoms with van der Waals surface area (Å²) in [6.45, 7) is 1.22. The van der Waals surface area contributed by atoms with Crippen molar-refractivity contribution >= 4 is 5.91 Å². The third-order valence-electron chi connectivity index (χ3n) is 2.14. The van der Waals surface area contributed by atoms with Gasteiger partial charge in [0.25, 0.3) is 0 Å². The van der Waals surface area contributed by atoms with Crippen LogP contribution in [0.5, 0.6) is 0 Å². The molecule has 0 saturated carbocycles. The third kappa shape index (κ3) is 6.65. The number of carbonyl (C=O) groups is 1. The number of ether oxygens (including phenoxy) is 1. The second-order valence-corrected chi connectivity index (χ2v) is 3.51. The molecule has 0 aliphatic rings. The van der Waals surface area contributed by atoms with E-state index in [1.165, 1.54) is 0 Å². The number of nitrogens with zero attached hydrogens (tertiary/aromatic N) is 1. The summed E-state index contributed by atoms with van der Waals surface area (Å²) in [7, 11) is 0. The van der Waals surface area contributed by atoms with Gasteiger partial charge in [-0.3, -0.25) is 9.78 Å². The molecule has 94 valence electrons. The highest BCUT2D eigenvalue weighted by Crippen LogP contribution is 1.97. The molecule has 0 atom stereocenters. The van der Waals surface area contributed by atoms with Gasteiger partial charge in [0.2, 0.25) is 5.91 Å². The van der Waals surface area contributed by atoms with Crippen molar-refractivity contribution in [2.24, 2.45) is 0 Å². The molecule has 1 aromatic rings. The smallest absolute Gasteiger partial charge is 0.220 e. The van der Waals surface area contributed by atoms with E-state index in [4.69, 9.17) is 9.84 Å². The largest absolute Gasteiger partial charge is 0.394 e. The van der Waals surface area contributed by atoms with Crippen LogP contribution in [0.4, 0.5) is 0 Å². The van der Waals surface area contributed by atoms with Crippen LogP contribution in [0.3, 0.4) is 0 Å². The standard InChI is InChI=1S/C12H18N2O3/c15-8-10-17-9-7-14-12(16)5-4-11-3-1-2-6-13-11/h1-3,6,15H,4-5,7-10H2,(H,14,16). The zero-order chi connectivity index (χ0) is 12.3. The number of aliphatic hydroxyl groups is 1. The molecule has 0 fully saturated rings. The van der Waals surface area contributed by atoms with Gasteiger partial charge in [0.15, 0.2) is 0 Å². The number of carbonyl (C=O) groups excluding carboxylic acids is 1. The van der Waals surface area contributed by atoms with Crippen LogP contribution >= 0.6 is 0 Å². The lowest BCUT2D eigenvalue weighted by molar-refractivity contribution is -0.121. The summed E-state index contributed by atoms with van der Waals surface area (Å²) in [4.78, 5) is 15.5. The van der Waals surface area contributed by atoms with Crippen LogP contribution in [0.15, 0.2) is 24.4 Å². The maximum atomic E-state index is 11.4. The van der Waals surface area contributed by atoms with Gasteiger partial charge in [-0.1, -0.05) is 6.07 Å². The zero-order valence-corrected chi connectivity index (χ0v) is 9.76. The summed E-state index contributed by atoms with van der Waals surface area (Å²) in [5.41, 5.74) is 0.916. The normalized spacial score (nSPS) is 10.2. The van der Waals surface area contributed by atoms with Crippen molar-refractivity contribution in [1.29, 1.82) is 0 Å². The monoisotopic (exact) mass is 238 g/mol. The topological polar surface area (TPSA) is 71.5 Å². The zero-order valence-electron chi connectivity index (χ0n) is 9.76. The van der Waals surface area contributed by atoms with E-state index < -0.39 is 0 Å². The van der Waals surface area contributed by atoms with Gasteiger partial charge < -0.3 is 15.2 Å². The molecular weight excluding hydrogens is 220 g/mol. The Morgan fingerprint density at radius 3 is 3.00 bits per heavy atom. The first kappa shape index (κ1) is 13.6. The van der Waals surface area contributed by atoms with E-state index in [9.17, 15) is 4.79 Å². The van der Waals surface area contributed by atoms with Gasteiger partial charge in [0, 0.05) is 24.9 Å².